The number of carbonyl (C=O) groups is 1. The highest BCUT2D eigenvalue weighted by Gasteiger charge is 2.10. The van der Waals surface area contributed by atoms with Crippen molar-refractivity contribution >= 4 is 21.8 Å². The van der Waals surface area contributed by atoms with E-state index in [9.17, 15) is 4.79 Å². The molecule has 0 saturated heterocycles. The van der Waals surface area contributed by atoms with Crippen LogP contribution in [-0.2, 0) is 6.54 Å². The average Bonchev–Trinajstić information content (AvgIpc) is 2.39. The molecule has 1 N–H and O–H groups in total. The molecule has 2 rings (SSSR count). The Morgan fingerprint density at radius 2 is 1.89 bits per heavy atom. The highest BCUT2D eigenvalue weighted by atomic mass is 79.9. The topological polar surface area (TPSA) is 29.1 Å². The minimum Gasteiger partial charge on any atom is -0.348 e. The quantitative estimate of drug-likeness (QED) is 0.911. The van der Waals surface area contributed by atoms with Gasteiger partial charge < -0.3 is 5.32 Å². The first-order valence-electron chi connectivity index (χ1n) is 6.17. The number of halogens is 1. The van der Waals surface area contributed by atoms with E-state index in [1.807, 2.05) is 50.2 Å². The first-order valence-corrected chi connectivity index (χ1v) is 6.96. The molecule has 0 atom stereocenters. The molecule has 2 aromatic rings. The van der Waals surface area contributed by atoms with Crippen LogP contribution in [0.4, 0.5) is 0 Å². The smallest absolute Gasteiger partial charge is 0.252 e. The lowest BCUT2D eigenvalue weighted by Crippen LogP contribution is -2.23. The third-order valence-corrected chi connectivity index (χ3v) is 4.02. The van der Waals surface area contributed by atoms with Gasteiger partial charge >= 0.3 is 0 Å². The normalized spacial score (nSPS) is 10.3. The van der Waals surface area contributed by atoms with E-state index >= 15 is 0 Å². The molecule has 0 spiro atoms. The van der Waals surface area contributed by atoms with Gasteiger partial charge in [0.05, 0.1) is 5.56 Å². The van der Waals surface area contributed by atoms with Gasteiger partial charge in [-0.25, -0.2) is 0 Å². The Labute approximate surface area is 122 Å². The number of carbonyl (C=O) groups excluding carboxylic acids is 1. The van der Waals surface area contributed by atoms with Gasteiger partial charge in [-0.05, 0) is 47.0 Å². The van der Waals surface area contributed by atoms with Crippen LogP contribution < -0.4 is 5.32 Å². The fraction of sp³-hybridized carbons (Fsp3) is 0.188. The Bertz CT molecular complexity index is 607. The Morgan fingerprint density at radius 3 is 2.63 bits per heavy atom. The number of hydrogen-bond donors (Lipinski definition) is 1. The fourth-order valence-electron chi connectivity index (χ4n) is 1.92. The SMILES string of the molecule is Cc1cccc(CNC(=O)c2cccc(C)c2Br)c1. The van der Waals surface area contributed by atoms with E-state index in [1.165, 1.54) is 5.56 Å². The number of amides is 1. The summed E-state index contributed by atoms with van der Waals surface area (Å²) in [5.41, 5.74) is 4.04. The lowest BCUT2D eigenvalue weighted by Gasteiger charge is -2.09. The minimum atomic E-state index is -0.0583. The molecule has 0 saturated carbocycles. The molecule has 1 amide bonds. The second-order valence-electron chi connectivity index (χ2n) is 4.61. The molecule has 0 radical (unpaired) electrons. The Morgan fingerprint density at radius 1 is 1.16 bits per heavy atom. The predicted molar refractivity (Wildman–Crippen MR) is 81.2 cm³/mol. The molecule has 98 valence electrons. The van der Waals surface area contributed by atoms with Crippen LogP contribution in [0.25, 0.3) is 0 Å². The largest absolute Gasteiger partial charge is 0.348 e. The van der Waals surface area contributed by atoms with Crippen molar-refractivity contribution < 1.29 is 4.79 Å². The number of rotatable bonds is 3. The summed E-state index contributed by atoms with van der Waals surface area (Å²) in [6.07, 6.45) is 0. The molecule has 0 aliphatic heterocycles. The lowest BCUT2D eigenvalue weighted by atomic mass is 10.1. The van der Waals surface area contributed by atoms with Crippen molar-refractivity contribution in [3.8, 4) is 0 Å². The van der Waals surface area contributed by atoms with Crippen LogP contribution in [-0.4, -0.2) is 5.91 Å². The zero-order valence-corrected chi connectivity index (χ0v) is 12.6. The standard InChI is InChI=1S/C16H16BrNO/c1-11-5-3-7-13(9-11)10-18-16(19)14-8-4-6-12(2)15(14)17/h3-9H,10H2,1-2H3,(H,18,19). The third kappa shape index (κ3) is 3.44. The van der Waals surface area contributed by atoms with Crippen LogP contribution in [0.2, 0.25) is 0 Å². The summed E-state index contributed by atoms with van der Waals surface area (Å²) < 4.78 is 0.858. The van der Waals surface area contributed by atoms with E-state index in [0.717, 1.165) is 15.6 Å². The number of hydrogen-bond acceptors (Lipinski definition) is 1. The molecule has 19 heavy (non-hydrogen) atoms. The van der Waals surface area contributed by atoms with Gasteiger partial charge in [0.15, 0.2) is 0 Å². The maximum Gasteiger partial charge on any atom is 0.252 e. The fourth-order valence-corrected chi connectivity index (χ4v) is 2.37. The maximum absolute atomic E-state index is 12.1. The number of benzene rings is 2. The number of aryl methyl sites for hydroxylation is 2. The van der Waals surface area contributed by atoms with Crippen LogP contribution in [0.5, 0.6) is 0 Å². The summed E-state index contributed by atoms with van der Waals surface area (Å²) in [6.45, 7) is 4.56. The van der Waals surface area contributed by atoms with E-state index in [0.29, 0.717) is 12.1 Å². The molecule has 0 heterocycles. The molecule has 0 unspecified atom stereocenters. The molecule has 3 heteroatoms. The molecule has 0 aromatic heterocycles. The maximum atomic E-state index is 12.1. The van der Waals surface area contributed by atoms with Gasteiger partial charge in [-0.3, -0.25) is 4.79 Å². The van der Waals surface area contributed by atoms with Crippen LogP contribution in [0, 0.1) is 13.8 Å². The van der Waals surface area contributed by atoms with E-state index in [1.54, 1.807) is 0 Å². The van der Waals surface area contributed by atoms with Crippen molar-refractivity contribution in [1.29, 1.82) is 0 Å². The first-order chi connectivity index (χ1) is 9.08. The highest BCUT2D eigenvalue weighted by Crippen LogP contribution is 2.20. The van der Waals surface area contributed by atoms with Gasteiger partial charge in [0.1, 0.15) is 0 Å². The predicted octanol–water partition coefficient (Wildman–Crippen LogP) is 4.00. The molecule has 0 aliphatic carbocycles. The van der Waals surface area contributed by atoms with Gasteiger partial charge in [-0.15, -0.1) is 0 Å². The highest BCUT2D eigenvalue weighted by molar-refractivity contribution is 9.10. The summed E-state index contributed by atoms with van der Waals surface area (Å²) >= 11 is 3.46. The summed E-state index contributed by atoms with van der Waals surface area (Å²) in [5, 5.41) is 2.94. The third-order valence-electron chi connectivity index (χ3n) is 2.97. The van der Waals surface area contributed by atoms with Crippen molar-refractivity contribution in [2.24, 2.45) is 0 Å². The molecule has 0 aliphatic rings. The zero-order chi connectivity index (χ0) is 13.8. The monoisotopic (exact) mass is 317 g/mol. The van der Waals surface area contributed by atoms with Crippen LogP contribution in [0.3, 0.4) is 0 Å². The van der Waals surface area contributed by atoms with Crippen LogP contribution >= 0.6 is 15.9 Å². The van der Waals surface area contributed by atoms with Crippen molar-refractivity contribution in [1.82, 2.24) is 5.32 Å². The second-order valence-corrected chi connectivity index (χ2v) is 5.40. The second kappa shape index (κ2) is 6.02. The summed E-state index contributed by atoms with van der Waals surface area (Å²) in [6, 6.07) is 13.8. The van der Waals surface area contributed by atoms with E-state index < -0.39 is 0 Å². The van der Waals surface area contributed by atoms with Crippen molar-refractivity contribution in [3.63, 3.8) is 0 Å². The molecule has 0 fully saturated rings. The Hall–Kier alpha value is -1.61. The minimum absolute atomic E-state index is 0.0583. The van der Waals surface area contributed by atoms with Gasteiger partial charge in [0.25, 0.3) is 5.91 Å². The molecule has 2 nitrogen and oxygen atoms in total. The average molecular weight is 318 g/mol. The Balaban J connectivity index is 2.08. The Kier molecular flexibility index (Phi) is 4.38. The van der Waals surface area contributed by atoms with Crippen molar-refractivity contribution in [2.45, 2.75) is 20.4 Å². The van der Waals surface area contributed by atoms with Crippen LogP contribution in [0.15, 0.2) is 46.9 Å². The molecular formula is C16H16BrNO. The summed E-state index contributed by atoms with van der Waals surface area (Å²) in [7, 11) is 0. The summed E-state index contributed by atoms with van der Waals surface area (Å²) in [4.78, 5) is 12.1. The van der Waals surface area contributed by atoms with E-state index in [2.05, 4.69) is 27.3 Å². The van der Waals surface area contributed by atoms with Gasteiger partial charge in [0.2, 0.25) is 0 Å². The van der Waals surface area contributed by atoms with E-state index in [-0.39, 0.29) is 5.91 Å². The first kappa shape index (κ1) is 13.8. The van der Waals surface area contributed by atoms with Crippen molar-refractivity contribution in [3.05, 3.63) is 69.2 Å². The van der Waals surface area contributed by atoms with Crippen molar-refractivity contribution in [2.75, 3.05) is 0 Å². The molecule has 2 aromatic carbocycles. The van der Waals surface area contributed by atoms with Gasteiger partial charge in [0, 0.05) is 11.0 Å². The van der Waals surface area contributed by atoms with Gasteiger partial charge in [-0.2, -0.15) is 0 Å². The van der Waals surface area contributed by atoms with E-state index in [4.69, 9.17) is 0 Å². The molecule has 0 bridgehead atoms. The van der Waals surface area contributed by atoms with Gasteiger partial charge in [-0.1, -0.05) is 42.0 Å². The lowest BCUT2D eigenvalue weighted by molar-refractivity contribution is 0.0950. The molecular weight excluding hydrogens is 302 g/mol. The zero-order valence-electron chi connectivity index (χ0n) is 11.0. The number of nitrogens with one attached hydrogen (secondary N) is 1. The summed E-state index contributed by atoms with van der Waals surface area (Å²) in [5.74, 6) is -0.0583. The van der Waals surface area contributed by atoms with Crippen LogP contribution in [0.1, 0.15) is 27.0 Å².